The van der Waals surface area contributed by atoms with E-state index in [1.807, 2.05) is 0 Å². The van der Waals surface area contributed by atoms with E-state index in [0.717, 1.165) is 27.7 Å². The number of carbonyl (C=O) groups excluding carboxylic acids is 4. The Morgan fingerprint density at radius 1 is 0.318 bits per heavy atom. The van der Waals surface area contributed by atoms with Crippen LogP contribution in [-0.4, -0.2) is 37.0 Å². The zero-order chi connectivity index (χ0) is 17.7. The molecule has 44 heavy (non-hydrogen) atoms. The summed E-state index contributed by atoms with van der Waals surface area (Å²) in [5.41, 5.74) is 9.81. The predicted molar refractivity (Wildman–Crippen MR) is 83.1 cm³/mol. The van der Waals surface area contributed by atoms with Crippen LogP contribution in [-0.2, 0) is 19.2 Å². The Balaban J connectivity index is -0.000000000798. The monoisotopic (exact) mass is 868 g/mol. The number of carbonyl (C=O) groups is 4. The van der Waals surface area contributed by atoms with Crippen molar-refractivity contribution < 1.29 is 778 Å². The van der Waals surface area contributed by atoms with Gasteiger partial charge in [0, 0.05) is 37.0 Å². The standard InChI is InChI=1S/C2H8N2.4C2H4O2.24Na.20H/c3-1-2-4;4*1-2(3)4;;;;;;;;;;;;;;;;;;;;;;;;;;;;;;;;;;;;;;;;;;;;/h1-4H2;4*1H3,(H,3,4);;;;;;;;;;;;;;;;;;;;;;;;;;;;;;;;;;;;;;;;;;;;/q;;;;;24*+1;20*-1/p-4. The summed E-state index contributed by atoms with van der Waals surface area (Å²) in [6.45, 7) is 5.08. The van der Waals surface area contributed by atoms with Crippen LogP contribution in [0.1, 0.15) is 56.2 Å². The maximum Gasteiger partial charge on any atom is 1.00 e. The van der Waals surface area contributed by atoms with Crippen LogP contribution in [0.5, 0.6) is 0 Å². The minimum Gasteiger partial charge on any atom is -1.00 e. The Hall–Kier alpha value is 21.8. The van der Waals surface area contributed by atoms with Crippen molar-refractivity contribution in [2.45, 2.75) is 27.7 Å². The van der Waals surface area contributed by atoms with E-state index in [-0.39, 0.29) is 738 Å². The van der Waals surface area contributed by atoms with Crippen LogP contribution >= 0.6 is 0 Å². The summed E-state index contributed by atoms with van der Waals surface area (Å²) in [5.74, 6) is -4.33. The SMILES string of the molecule is CC(=O)[O-].CC(=O)[O-].CC(=O)[O-].CC(=O)[O-].NCCN.[H-].[H-].[H-].[H-].[H-].[H-].[H-].[H-].[H-].[H-].[H-].[H-].[H-].[H-].[H-].[H-].[H-].[H-].[H-].[H-].[Na+].[Na+].[Na+].[Na+].[Na+].[Na+].[Na+].[Na+].[Na+].[Na+].[Na+].[Na+].[Na+].[Na+].[Na+].[Na+].[Na+].[Na+].[Na+].[Na+].[Na+].[Na+].[Na+].[Na+]. The van der Waals surface area contributed by atoms with E-state index in [9.17, 15) is 0 Å². The van der Waals surface area contributed by atoms with Crippen LogP contribution in [0.3, 0.4) is 0 Å². The largest absolute Gasteiger partial charge is 1.00 e. The third kappa shape index (κ3) is 484. The molecule has 0 aromatic carbocycles. The van der Waals surface area contributed by atoms with Gasteiger partial charge < -0.3 is 79.6 Å². The Labute approximate surface area is 828 Å². The summed E-state index contributed by atoms with van der Waals surface area (Å²) < 4.78 is 0. The first-order chi connectivity index (χ1) is 8.84. The summed E-state index contributed by atoms with van der Waals surface area (Å²) in [6, 6.07) is 0. The van der Waals surface area contributed by atoms with Crippen LogP contribution in [0.15, 0.2) is 0 Å². The van der Waals surface area contributed by atoms with Crippen molar-refractivity contribution in [2.24, 2.45) is 11.5 Å². The maximum atomic E-state index is 8.89. The number of aliphatic carboxylic acids is 4. The molecule has 0 atom stereocenters. The minimum atomic E-state index is -1.08. The van der Waals surface area contributed by atoms with E-state index in [2.05, 4.69) is 0 Å². The van der Waals surface area contributed by atoms with Crippen LogP contribution in [0.4, 0.5) is 0 Å². The molecule has 0 heterocycles. The average molecular weight is 868 g/mol. The summed E-state index contributed by atoms with van der Waals surface area (Å²) in [7, 11) is 0. The molecule has 0 rings (SSSR count). The Kier molecular flexibility index (Phi) is 954. The van der Waals surface area contributed by atoms with Crippen LogP contribution in [0.25, 0.3) is 0 Å². The fourth-order valence-electron chi connectivity index (χ4n) is 0. The van der Waals surface area contributed by atoms with Gasteiger partial charge >= 0.3 is 709 Å². The molecule has 162 valence electrons. The average Bonchev–Trinajstić information content (AvgIpc) is 2.13. The normalized spacial score (nSPS) is 2.95. The number of carboxylic acid groups (broad SMARTS) is 4. The summed E-state index contributed by atoms with van der Waals surface area (Å²) in [5, 5.41) is 35.6. The molecule has 0 aliphatic carbocycles. The molecule has 0 aliphatic rings. The molecule has 34 heteroatoms. The van der Waals surface area contributed by atoms with E-state index in [4.69, 9.17) is 51.1 Å². The van der Waals surface area contributed by atoms with Crippen LogP contribution < -0.4 is 741 Å². The topological polar surface area (TPSA) is 213 Å². The van der Waals surface area contributed by atoms with Gasteiger partial charge in [0.15, 0.2) is 0 Å². The van der Waals surface area contributed by atoms with Gasteiger partial charge in [-0.05, 0) is 27.7 Å². The first-order valence-corrected chi connectivity index (χ1v) is 4.95. The predicted octanol–water partition coefficient (Wildman–Crippen LogP) is -75.7. The molecule has 0 bridgehead atoms. The van der Waals surface area contributed by atoms with Crippen molar-refractivity contribution in [3.05, 3.63) is 0 Å². The fourth-order valence-corrected chi connectivity index (χ4v) is 0. The summed E-state index contributed by atoms with van der Waals surface area (Å²) in [6.07, 6.45) is 0. The van der Waals surface area contributed by atoms with Gasteiger partial charge in [0.2, 0.25) is 0 Å². The van der Waals surface area contributed by atoms with E-state index >= 15 is 0 Å². The van der Waals surface area contributed by atoms with Gasteiger partial charge in [-0.3, -0.25) is 0 Å². The second-order valence-corrected chi connectivity index (χ2v) is 2.54. The van der Waals surface area contributed by atoms with Gasteiger partial charge in [-0.2, -0.15) is 0 Å². The number of nitrogens with two attached hydrogens (primary N) is 2. The Morgan fingerprint density at radius 3 is 0.341 bits per heavy atom. The molecule has 0 saturated carbocycles. The van der Waals surface area contributed by atoms with E-state index in [1.165, 1.54) is 0 Å². The molecule has 10 nitrogen and oxygen atoms in total. The van der Waals surface area contributed by atoms with Gasteiger partial charge in [-0.25, -0.2) is 0 Å². The van der Waals surface area contributed by atoms with Gasteiger partial charge in [-0.15, -0.1) is 0 Å². The molecule has 4 N–H and O–H groups in total. The van der Waals surface area contributed by atoms with Crippen molar-refractivity contribution in [1.82, 2.24) is 0 Å². The zero-order valence-electron chi connectivity index (χ0n) is 55.8. The number of hydrogen-bond donors (Lipinski definition) is 2. The quantitative estimate of drug-likeness (QED) is 0.238. The number of rotatable bonds is 1. The molecule has 0 aromatic rings. The molecule has 0 fully saturated rings. The van der Waals surface area contributed by atoms with E-state index in [1.54, 1.807) is 0 Å². The van der Waals surface area contributed by atoms with Gasteiger partial charge in [-0.1, -0.05) is 0 Å². The van der Waals surface area contributed by atoms with Gasteiger partial charge in [0.05, 0.1) is 0 Å². The Morgan fingerprint density at radius 2 is 0.341 bits per heavy atom. The molecule has 0 aliphatic heterocycles. The molecular formula is C10H40N2Na24O8. The van der Waals surface area contributed by atoms with Crippen molar-refractivity contribution in [2.75, 3.05) is 13.1 Å². The van der Waals surface area contributed by atoms with E-state index < -0.39 is 23.9 Å². The molecule has 0 amide bonds. The number of hydrogen-bond acceptors (Lipinski definition) is 10. The molecule has 0 spiro atoms. The molecular weight excluding hydrogens is 828 g/mol. The van der Waals surface area contributed by atoms with Crippen LogP contribution in [0.2, 0.25) is 0 Å². The summed E-state index contributed by atoms with van der Waals surface area (Å²) >= 11 is 0. The van der Waals surface area contributed by atoms with E-state index in [0.29, 0.717) is 13.1 Å². The number of carboxylic acids is 4. The van der Waals surface area contributed by atoms with Gasteiger partial charge in [0.25, 0.3) is 0 Å². The van der Waals surface area contributed by atoms with Crippen LogP contribution in [0, 0.1) is 0 Å². The first kappa shape index (κ1) is 204. The second kappa shape index (κ2) is 206. The second-order valence-electron chi connectivity index (χ2n) is 2.54. The van der Waals surface area contributed by atoms with Crippen molar-refractivity contribution in [3.63, 3.8) is 0 Å². The van der Waals surface area contributed by atoms with Gasteiger partial charge in [0.1, 0.15) is 0 Å². The Bertz CT molecular complexity index is 291. The molecule has 0 aromatic heterocycles. The van der Waals surface area contributed by atoms with Crippen molar-refractivity contribution in [3.8, 4) is 0 Å². The van der Waals surface area contributed by atoms with Crippen molar-refractivity contribution >= 4 is 23.9 Å². The van der Waals surface area contributed by atoms with Crippen molar-refractivity contribution in [1.29, 1.82) is 0 Å². The summed E-state index contributed by atoms with van der Waals surface area (Å²) in [4.78, 5) is 35.6. The molecule has 0 saturated heterocycles. The fraction of sp³-hybridized carbons (Fsp3) is 0.600. The third-order valence-electron chi connectivity index (χ3n) is 0.167. The molecule has 0 unspecified atom stereocenters. The smallest absolute Gasteiger partial charge is 1.00 e. The minimum absolute atomic E-state index is 0. The maximum absolute atomic E-state index is 8.89. The zero-order valence-corrected chi connectivity index (χ0v) is 83.8. The molecule has 0 radical (unpaired) electrons. The first-order valence-electron chi connectivity index (χ1n) is 4.95. The third-order valence-corrected chi connectivity index (χ3v) is 0.167.